The summed E-state index contributed by atoms with van der Waals surface area (Å²) in [7, 11) is 0. The molecule has 0 spiro atoms. The van der Waals surface area contributed by atoms with Gasteiger partial charge in [0.2, 0.25) is 0 Å². The summed E-state index contributed by atoms with van der Waals surface area (Å²) in [6.07, 6.45) is 6.74. The summed E-state index contributed by atoms with van der Waals surface area (Å²) in [6.45, 7) is 0. The molecule has 0 bridgehead atoms. The number of pyridine rings is 1. The van der Waals surface area contributed by atoms with Crippen LogP contribution in [0.3, 0.4) is 0 Å². The van der Waals surface area contributed by atoms with Gasteiger partial charge < -0.3 is 4.98 Å². The fraction of sp³-hybridized carbons (Fsp3) is 0. The molecule has 0 aliphatic carbocycles. The molecule has 0 amide bonds. The second-order valence-corrected chi connectivity index (χ2v) is 5.42. The van der Waals surface area contributed by atoms with Crippen LogP contribution in [-0.2, 0) is 0 Å². The number of nitrogens with one attached hydrogen (secondary N) is 2. The number of fused-ring (bicyclic) bond motifs is 2. The quantitative estimate of drug-likeness (QED) is 0.522. The standard InChI is InChI=1S/C17H11N7/c1-2-4-13-12(3-1)21-17(22-13)16-11-5-14(10-6-18-9-19-7-10)20-8-15(11)23-24-16/h1-9H,(H,21,22)(H,23,24). The molecule has 114 valence electrons. The van der Waals surface area contributed by atoms with Crippen molar-refractivity contribution in [3.8, 4) is 22.8 Å². The Labute approximate surface area is 135 Å². The molecule has 0 fully saturated rings. The lowest BCUT2D eigenvalue weighted by molar-refractivity contribution is 1.10. The molecule has 7 heteroatoms. The number of H-pyrrole nitrogens is 2. The van der Waals surface area contributed by atoms with Crippen molar-refractivity contribution in [1.29, 1.82) is 0 Å². The molecule has 0 saturated heterocycles. The highest BCUT2D eigenvalue weighted by atomic mass is 15.1. The van der Waals surface area contributed by atoms with Gasteiger partial charge in [-0.15, -0.1) is 0 Å². The lowest BCUT2D eigenvalue weighted by Crippen LogP contribution is -1.87. The summed E-state index contributed by atoms with van der Waals surface area (Å²) in [5.74, 6) is 0.726. The first-order chi connectivity index (χ1) is 11.9. The van der Waals surface area contributed by atoms with Gasteiger partial charge in [-0.2, -0.15) is 5.10 Å². The minimum absolute atomic E-state index is 0.726. The van der Waals surface area contributed by atoms with Crippen molar-refractivity contribution in [2.75, 3.05) is 0 Å². The number of hydrogen-bond donors (Lipinski definition) is 2. The number of para-hydroxylation sites is 2. The molecule has 0 aliphatic rings. The number of rotatable bonds is 2. The van der Waals surface area contributed by atoms with E-state index in [1.165, 1.54) is 6.33 Å². The zero-order valence-electron chi connectivity index (χ0n) is 12.4. The lowest BCUT2D eigenvalue weighted by Gasteiger charge is -1.99. The van der Waals surface area contributed by atoms with Crippen molar-refractivity contribution in [2.24, 2.45) is 0 Å². The third kappa shape index (κ3) is 1.95. The van der Waals surface area contributed by atoms with Gasteiger partial charge in [-0.3, -0.25) is 10.1 Å². The van der Waals surface area contributed by atoms with Crippen LogP contribution in [0.5, 0.6) is 0 Å². The van der Waals surface area contributed by atoms with E-state index in [1.807, 2.05) is 30.3 Å². The Morgan fingerprint density at radius 1 is 0.917 bits per heavy atom. The van der Waals surface area contributed by atoms with Crippen LogP contribution in [0.2, 0.25) is 0 Å². The van der Waals surface area contributed by atoms with Crippen molar-refractivity contribution < 1.29 is 0 Å². The third-order valence-corrected chi connectivity index (χ3v) is 3.92. The van der Waals surface area contributed by atoms with Crippen LogP contribution in [0.15, 0.2) is 55.2 Å². The highest BCUT2D eigenvalue weighted by Gasteiger charge is 2.14. The Morgan fingerprint density at radius 3 is 2.67 bits per heavy atom. The van der Waals surface area contributed by atoms with E-state index in [4.69, 9.17) is 0 Å². The predicted molar refractivity (Wildman–Crippen MR) is 90.0 cm³/mol. The molecule has 0 saturated carbocycles. The number of imidazole rings is 1. The van der Waals surface area contributed by atoms with E-state index >= 15 is 0 Å². The number of nitrogens with zero attached hydrogens (tertiary/aromatic N) is 5. The predicted octanol–water partition coefficient (Wildman–Crippen LogP) is 2.96. The van der Waals surface area contributed by atoms with Crippen molar-refractivity contribution in [2.45, 2.75) is 0 Å². The van der Waals surface area contributed by atoms with Crippen LogP contribution in [0.4, 0.5) is 0 Å². The maximum atomic E-state index is 4.62. The van der Waals surface area contributed by atoms with Gasteiger partial charge in [-0.05, 0) is 18.2 Å². The fourth-order valence-electron chi connectivity index (χ4n) is 2.75. The third-order valence-electron chi connectivity index (χ3n) is 3.92. The van der Waals surface area contributed by atoms with Gasteiger partial charge in [0, 0.05) is 23.3 Å². The highest BCUT2D eigenvalue weighted by Crippen LogP contribution is 2.28. The van der Waals surface area contributed by atoms with Crippen molar-refractivity contribution in [3.05, 3.63) is 55.2 Å². The van der Waals surface area contributed by atoms with Crippen molar-refractivity contribution >= 4 is 21.9 Å². The SMILES string of the molecule is c1ccc2[nH]c(-c3n[nH]c4cnc(-c5cncnc5)cc34)nc2c1. The van der Waals surface area contributed by atoms with Crippen LogP contribution in [0, 0.1) is 0 Å². The maximum Gasteiger partial charge on any atom is 0.159 e. The number of aromatic amines is 2. The van der Waals surface area contributed by atoms with Crippen LogP contribution >= 0.6 is 0 Å². The van der Waals surface area contributed by atoms with Crippen LogP contribution in [0.25, 0.3) is 44.7 Å². The molecule has 4 heterocycles. The minimum Gasteiger partial charge on any atom is -0.337 e. The van der Waals surface area contributed by atoms with Gasteiger partial charge in [0.25, 0.3) is 0 Å². The first kappa shape index (κ1) is 12.9. The Kier molecular flexibility index (Phi) is 2.66. The number of benzene rings is 1. The van der Waals surface area contributed by atoms with Gasteiger partial charge in [0.15, 0.2) is 5.82 Å². The summed E-state index contributed by atoms with van der Waals surface area (Å²) in [4.78, 5) is 20.5. The average molecular weight is 313 g/mol. The highest BCUT2D eigenvalue weighted by molar-refractivity contribution is 5.94. The van der Waals surface area contributed by atoms with E-state index in [2.05, 4.69) is 35.1 Å². The molecule has 2 N–H and O–H groups in total. The number of hydrogen-bond acceptors (Lipinski definition) is 5. The molecular weight excluding hydrogens is 302 g/mol. The fourth-order valence-corrected chi connectivity index (χ4v) is 2.75. The molecule has 0 unspecified atom stereocenters. The summed E-state index contributed by atoms with van der Waals surface area (Å²) >= 11 is 0. The summed E-state index contributed by atoms with van der Waals surface area (Å²) in [5, 5.41) is 8.36. The van der Waals surface area contributed by atoms with Gasteiger partial charge in [0.1, 0.15) is 12.0 Å². The normalized spacial score (nSPS) is 11.3. The Bertz CT molecular complexity index is 1120. The van der Waals surface area contributed by atoms with E-state index < -0.39 is 0 Å². The largest absolute Gasteiger partial charge is 0.337 e. The van der Waals surface area contributed by atoms with E-state index in [0.717, 1.165) is 44.7 Å². The molecule has 0 atom stereocenters. The zero-order chi connectivity index (χ0) is 15.9. The zero-order valence-corrected chi connectivity index (χ0v) is 12.4. The first-order valence-corrected chi connectivity index (χ1v) is 7.43. The van der Waals surface area contributed by atoms with Gasteiger partial charge in [-0.25, -0.2) is 15.0 Å². The summed E-state index contributed by atoms with van der Waals surface area (Å²) in [5.41, 5.74) is 5.16. The summed E-state index contributed by atoms with van der Waals surface area (Å²) < 4.78 is 0. The Hall–Kier alpha value is -3.61. The van der Waals surface area contributed by atoms with E-state index in [1.54, 1.807) is 18.6 Å². The molecule has 1 aromatic carbocycles. The van der Waals surface area contributed by atoms with Crippen molar-refractivity contribution in [1.82, 2.24) is 35.1 Å². The first-order valence-electron chi connectivity index (χ1n) is 7.43. The van der Waals surface area contributed by atoms with Gasteiger partial charge >= 0.3 is 0 Å². The lowest BCUT2D eigenvalue weighted by atomic mass is 10.1. The van der Waals surface area contributed by atoms with Crippen LogP contribution in [-0.4, -0.2) is 35.1 Å². The number of aromatic nitrogens is 7. The molecule has 5 rings (SSSR count). The van der Waals surface area contributed by atoms with Crippen LogP contribution < -0.4 is 0 Å². The molecule has 0 radical (unpaired) electrons. The molecule has 7 nitrogen and oxygen atoms in total. The molecule has 5 aromatic rings. The van der Waals surface area contributed by atoms with E-state index in [-0.39, 0.29) is 0 Å². The molecule has 0 aliphatic heterocycles. The molecule has 4 aromatic heterocycles. The smallest absolute Gasteiger partial charge is 0.159 e. The van der Waals surface area contributed by atoms with E-state index in [9.17, 15) is 0 Å². The minimum atomic E-state index is 0.726. The monoisotopic (exact) mass is 313 g/mol. The topological polar surface area (TPSA) is 96.0 Å². The molecular formula is C17H11N7. The Balaban J connectivity index is 1.71. The van der Waals surface area contributed by atoms with Gasteiger partial charge in [-0.1, -0.05) is 12.1 Å². The second kappa shape index (κ2) is 4.95. The average Bonchev–Trinajstić information content (AvgIpc) is 3.25. The van der Waals surface area contributed by atoms with Gasteiger partial charge in [0.05, 0.1) is 28.4 Å². The summed E-state index contributed by atoms with van der Waals surface area (Å²) in [6, 6.07) is 9.88. The van der Waals surface area contributed by atoms with Crippen LogP contribution in [0.1, 0.15) is 0 Å². The van der Waals surface area contributed by atoms with E-state index in [0.29, 0.717) is 0 Å². The Morgan fingerprint density at radius 2 is 1.79 bits per heavy atom. The second-order valence-electron chi connectivity index (χ2n) is 5.42. The maximum absolute atomic E-state index is 4.62. The van der Waals surface area contributed by atoms with Crippen molar-refractivity contribution in [3.63, 3.8) is 0 Å². The molecule has 24 heavy (non-hydrogen) atoms.